The first-order valence-corrected chi connectivity index (χ1v) is 7.95. The Labute approximate surface area is 128 Å². The van der Waals surface area contributed by atoms with Crippen LogP contribution in [0.1, 0.15) is 38.7 Å². The van der Waals surface area contributed by atoms with E-state index in [0.29, 0.717) is 25.2 Å². The molecule has 0 aliphatic carbocycles. The van der Waals surface area contributed by atoms with Crippen molar-refractivity contribution in [3.05, 3.63) is 29.8 Å². The lowest BCUT2D eigenvalue weighted by Gasteiger charge is -2.39. The summed E-state index contributed by atoms with van der Waals surface area (Å²) in [5.74, 6) is 0.814. The molecule has 1 aromatic rings. The Kier molecular flexibility index (Phi) is 6.03. The Morgan fingerprint density at radius 3 is 2.71 bits per heavy atom. The number of hydrogen-bond donors (Lipinski definition) is 2. The standard InChI is InChI=1S/C17H28N2O2/c1-13-6-4-9-17(10-13)21-12-16(20)11-18-19-14(2)7-5-8-15(19)3/h4,6,9-10,14-16,18,20H,5,7-8,11-12H2,1-3H3. The molecule has 0 bridgehead atoms. The third kappa shape index (κ3) is 4.99. The second kappa shape index (κ2) is 7.78. The number of rotatable bonds is 6. The van der Waals surface area contributed by atoms with Crippen LogP contribution in [0.3, 0.4) is 0 Å². The van der Waals surface area contributed by atoms with Gasteiger partial charge in [-0.1, -0.05) is 18.6 Å². The molecule has 1 aliphatic rings. The highest BCUT2D eigenvalue weighted by molar-refractivity contribution is 5.27. The van der Waals surface area contributed by atoms with Crippen molar-refractivity contribution in [2.24, 2.45) is 0 Å². The Morgan fingerprint density at radius 2 is 2.05 bits per heavy atom. The zero-order valence-corrected chi connectivity index (χ0v) is 13.4. The van der Waals surface area contributed by atoms with Gasteiger partial charge in [0.25, 0.3) is 0 Å². The fraction of sp³-hybridized carbons (Fsp3) is 0.647. The molecule has 3 unspecified atom stereocenters. The quantitative estimate of drug-likeness (QED) is 0.845. The molecule has 118 valence electrons. The molecule has 0 aromatic heterocycles. The molecule has 1 aromatic carbocycles. The summed E-state index contributed by atoms with van der Waals surface area (Å²) in [5, 5.41) is 12.3. The fourth-order valence-electron chi connectivity index (χ4n) is 2.90. The first-order valence-electron chi connectivity index (χ1n) is 7.95. The summed E-state index contributed by atoms with van der Waals surface area (Å²) in [5.41, 5.74) is 4.53. The summed E-state index contributed by atoms with van der Waals surface area (Å²) in [4.78, 5) is 0. The molecule has 3 atom stereocenters. The highest BCUT2D eigenvalue weighted by Gasteiger charge is 2.24. The molecule has 21 heavy (non-hydrogen) atoms. The van der Waals surface area contributed by atoms with Crippen molar-refractivity contribution in [3.63, 3.8) is 0 Å². The summed E-state index contributed by atoms with van der Waals surface area (Å²) in [7, 11) is 0. The number of piperidine rings is 1. The number of hydrogen-bond acceptors (Lipinski definition) is 4. The van der Waals surface area contributed by atoms with Crippen LogP contribution < -0.4 is 10.2 Å². The van der Waals surface area contributed by atoms with Crippen LogP contribution in [0, 0.1) is 6.92 Å². The highest BCUT2D eigenvalue weighted by Crippen LogP contribution is 2.20. The van der Waals surface area contributed by atoms with Crippen LogP contribution in [0.5, 0.6) is 5.75 Å². The van der Waals surface area contributed by atoms with E-state index in [0.717, 1.165) is 11.3 Å². The SMILES string of the molecule is Cc1cccc(OCC(O)CNN2C(C)CCCC2C)c1. The Hall–Kier alpha value is -1.10. The molecular formula is C17H28N2O2. The molecule has 1 aliphatic heterocycles. The van der Waals surface area contributed by atoms with Gasteiger partial charge in [0.2, 0.25) is 0 Å². The van der Waals surface area contributed by atoms with Gasteiger partial charge in [-0.3, -0.25) is 5.43 Å². The molecule has 4 nitrogen and oxygen atoms in total. The monoisotopic (exact) mass is 292 g/mol. The minimum absolute atomic E-state index is 0.313. The second-order valence-electron chi connectivity index (χ2n) is 6.18. The number of hydrazine groups is 1. The Morgan fingerprint density at radius 1 is 1.33 bits per heavy atom. The number of nitrogens with zero attached hydrogens (tertiary/aromatic N) is 1. The van der Waals surface area contributed by atoms with Crippen LogP contribution in [0.15, 0.2) is 24.3 Å². The van der Waals surface area contributed by atoms with E-state index in [2.05, 4.69) is 24.3 Å². The Bertz CT molecular complexity index is 429. The zero-order chi connectivity index (χ0) is 15.2. The predicted octanol–water partition coefficient (Wildman–Crippen LogP) is 2.50. The molecule has 0 saturated carbocycles. The highest BCUT2D eigenvalue weighted by atomic mass is 16.5. The molecule has 2 N–H and O–H groups in total. The molecule has 1 saturated heterocycles. The van der Waals surface area contributed by atoms with Crippen molar-refractivity contribution in [2.45, 2.75) is 58.2 Å². The average molecular weight is 292 g/mol. The Balaban J connectivity index is 1.73. The van der Waals surface area contributed by atoms with Gasteiger partial charge in [0.05, 0.1) is 0 Å². The van der Waals surface area contributed by atoms with Gasteiger partial charge in [0, 0.05) is 18.6 Å². The summed E-state index contributed by atoms with van der Waals surface area (Å²) in [6.45, 7) is 7.34. The van der Waals surface area contributed by atoms with Gasteiger partial charge in [0.1, 0.15) is 18.5 Å². The number of aryl methyl sites for hydroxylation is 1. The maximum Gasteiger partial charge on any atom is 0.119 e. The largest absolute Gasteiger partial charge is 0.491 e. The fourth-order valence-corrected chi connectivity index (χ4v) is 2.90. The summed E-state index contributed by atoms with van der Waals surface area (Å²) in [6.07, 6.45) is 3.21. The number of aliphatic hydroxyl groups is 1. The van der Waals surface area contributed by atoms with Crippen molar-refractivity contribution >= 4 is 0 Å². The first-order chi connectivity index (χ1) is 10.1. The van der Waals surface area contributed by atoms with Gasteiger partial charge in [0.15, 0.2) is 0 Å². The van der Waals surface area contributed by atoms with Crippen molar-refractivity contribution < 1.29 is 9.84 Å². The third-order valence-corrected chi connectivity index (χ3v) is 4.13. The molecular weight excluding hydrogens is 264 g/mol. The topological polar surface area (TPSA) is 44.7 Å². The van der Waals surface area contributed by atoms with E-state index in [1.54, 1.807) is 0 Å². The van der Waals surface area contributed by atoms with E-state index in [4.69, 9.17) is 4.74 Å². The van der Waals surface area contributed by atoms with E-state index in [1.165, 1.54) is 19.3 Å². The summed E-state index contributed by atoms with van der Waals surface area (Å²) < 4.78 is 5.63. The molecule has 1 fully saturated rings. The van der Waals surface area contributed by atoms with Gasteiger partial charge in [-0.15, -0.1) is 0 Å². The van der Waals surface area contributed by atoms with Crippen molar-refractivity contribution in [1.29, 1.82) is 0 Å². The van der Waals surface area contributed by atoms with E-state index in [1.807, 2.05) is 31.2 Å². The molecule has 0 spiro atoms. The smallest absolute Gasteiger partial charge is 0.119 e. The maximum atomic E-state index is 10.1. The maximum absolute atomic E-state index is 10.1. The predicted molar refractivity (Wildman–Crippen MR) is 85.3 cm³/mol. The van der Waals surface area contributed by atoms with Crippen LogP contribution in [0.25, 0.3) is 0 Å². The third-order valence-electron chi connectivity index (χ3n) is 4.13. The molecule has 0 radical (unpaired) electrons. The van der Waals surface area contributed by atoms with Gasteiger partial charge in [-0.25, -0.2) is 5.01 Å². The lowest BCUT2D eigenvalue weighted by Crippen LogP contribution is -2.54. The van der Waals surface area contributed by atoms with E-state index in [-0.39, 0.29) is 0 Å². The van der Waals surface area contributed by atoms with Crippen LogP contribution in [-0.4, -0.2) is 41.5 Å². The van der Waals surface area contributed by atoms with Crippen molar-refractivity contribution in [2.75, 3.05) is 13.2 Å². The van der Waals surface area contributed by atoms with Crippen LogP contribution in [-0.2, 0) is 0 Å². The van der Waals surface area contributed by atoms with E-state index < -0.39 is 6.10 Å². The van der Waals surface area contributed by atoms with Gasteiger partial charge >= 0.3 is 0 Å². The minimum atomic E-state index is -0.508. The minimum Gasteiger partial charge on any atom is -0.491 e. The van der Waals surface area contributed by atoms with E-state index >= 15 is 0 Å². The normalized spacial score (nSPS) is 24.8. The lowest BCUT2D eigenvalue weighted by molar-refractivity contribution is 0.0170. The van der Waals surface area contributed by atoms with Gasteiger partial charge in [-0.05, 0) is 51.3 Å². The molecule has 4 heteroatoms. The number of nitrogens with one attached hydrogen (secondary N) is 1. The molecule has 2 rings (SSSR count). The van der Waals surface area contributed by atoms with Crippen molar-refractivity contribution in [1.82, 2.24) is 10.4 Å². The van der Waals surface area contributed by atoms with Gasteiger partial charge < -0.3 is 9.84 Å². The lowest BCUT2D eigenvalue weighted by atomic mass is 10.00. The first kappa shape index (κ1) is 16.3. The number of ether oxygens (including phenoxy) is 1. The number of benzene rings is 1. The van der Waals surface area contributed by atoms with Crippen LogP contribution in [0.4, 0.5) is 0 Å². The zero-order valence-electron chi connectivity index (χ0n) is 13.4. The molecule has 1 heterocycles. The van der Waals surface area contributed by atoms with Crippen LogP contribution >= 0.6 is 0 Å². The average Bonchev–Trinajstić information content (AvgIpc) is 2.45. The summed E-state index contributed by atoms with van der Waals surface area (Å²) in [6, 6.07) is 8.95. The summed E-state index contributed by atoms with van der Waals surface area (Å²) >= 11 is 0. The van der Waals surface area contributed by atoms with E-state index in [9.17, 15) is 5.11 Å². The number of aliphatic hydroxyl groups excluding tert-OH is 1. The second-order valence-corrected chi connectivity index (χ2v) is 6.18. The van der Waals surface area contributed by atoms with Crippen LogP contribution in [0.2, 0.25) is 0 Å². The molecule has 0 amide bonds. The van der Waals surface area contributed by atoms with Crippen molar-refractivity contribution in [3.8, 4) is 5.75 Å². The van der Waals surface area contributed by atoms with Gasteiger partial charge in [-0.2, -0.15) is 0 Å².